The molecule has 0 heterocycles. The third-order valence-electron chi connectivity index (χ3n) is 0.586. The summed E-state index contributed by atoms with van der Waals surface area (Å²) in [6.07, 6.45) is 0. The summed E-state index contributed by atoms with van der Waals surface area (Å²) in [5, 5.41) is 0. The van der Waals surface area contributed by atoms with E-state index in [9.17, 15) is 0 Å². The third-order valence-corrected chi connectivity index (χ3v) is 1.76. The molecule has 0 unspecified atom stereocenters. The average molecular weight is 163 g/mol. The molecule has 0 spiro atoms. The van der Waals surface area contributed by atoms with Crippen molar-refractivity contribution in [2.24, 2.45) is 0 Å². The van der Waals surface area contributed by atoms with Crippen LogP contribution in [0.5, 0.6) is 0 Å². The summed E-state index contributed by atoms with van der Waals surface area (Å²) in [6.45, 7) is 3.65. The largest absolute Gasteiger partial charge is 0.209 e. The van der Waals surface area contributed by atoms with Gasteiger partial charge in [0.1, 0.15) is 6.04 Å². The second-order valence-corrected chi connectivity index (χ2v) is 3.70. The zero-order valence-corrected chi connectivity index (χ0v) is 6.43. The first-order chi connectivity index (χ1) is 2.94. The lowest BCUT2D eigenvalue weighted by Gasteiger charge is -2.10. The van der Waals surface area contributed by atoms with Crippen LogP contribution in [-0.2, 0) is 0 Å². The Labute approximate surface area is 58.7 Å². The highest BCUT2D eigenvalue weighted by Crippen LogP contribution is 2.25. The van der Waals surface area contributed by atoms with E-state index in [0.29, 0.717) is 0 Å². The van der Waals surface area contributed by atoms with Crippen molar-refractivity contribution >= 4 is 35.3 Å². The predicted octanol–water partition coefficient (Wildman–Crippen LogP) is 2.67. The van der Waals surface area contributed by atoms with Crippen LogP contribution >= 0.6 is 35.3 Å². The third kappa shape index (κ3) is 3.42. The molecule has 0 amide bonds. The Morgan fingerprint density at radius 1 is 1.14 bits per heavy atom. The Morgan fingerprint density at radius 2 is 1.29 bits per heavy atom. The molecule has 44 valence electrons. The first-order valence-corrected chi connectivity index (χ1v) is 2.93. The van der Waals surface area contributed by atoms with Crippen molar-refractivity contribution < 1.29 is 3.04 Å². The minimum absolute atomic E-state index is 0.0324. The van der Waals surface area contributed by atoms with Gasteiger partial charge in [-0.3, -0.25) is 0 Å². The number of halogens is 3. The second kappa shape index (κ2) is 2.40. The Kier molecular flexibility index (Phi) is 2.69. The van der Waals surface area contributed by atoms with E-state index in [2.05, 4.69) is 0 Å². The highest BCUT2D eigenvalue weighted by atomic mass is 35.6. The van der Waals surface area contributed by atoms with E-state index in [1.165, 1.54) is 0 Å². The van der Waals surface area contributed by atoms with Gasteiger partial charge in [-0.25, -0.2) is 0 Å². The molecular formula is C3H7Cl3N+. The van der Waals surface area contributed by atoms with Crippen molar-refractivity contribution in [1.29, 1.82) is 0 Å². The average Bonchev–Trinajstić information content (AvgIpc) is 1.31. The first kappa shape index (κ1) is 7.83. The molecule has 0 radical (unpaired) electrons. The molecular weight excluding hydrogens is 156 g/mol. The molecule has 0 fully saturated rings. The topological polar surface area (TPSA) is 0 Å². The van der Waals surface area contributed by atoms with Crippen LogP contribution in [0.3, 0.4) is 0 Å². The Balaban J connectivity index is 3.54. The van der Waals surface area contributed by atoms with Crippen LogP contribution in [0.15, 0.2) is 0 Å². The summed E-state index contributed by atoms with van der Waals surface area (Å²) in [5.74, 6) is 0. The minimum Gasteiger partial charge on any atom is -0.0228 e. The van der Waals surface area contributed by atoms with Crippen LogP contribution in [0, 0.1) is 0 Å². The van der Waals surface area contributed by atoms with E-state index < -0.39 is 3.04 Å². The summed E-state index contributed by atoms with van der Waals surface area (Å²) >= 11 is 16.0. The number of hydrogen-bond donors (Lipinski definition) is 0. The van der Waals surface area contributed by atoms with Gasteiger partial charge in [-0.15, -0.1) is 0 Å². The smallest absolute Gasteiger partial charge is 0.0228 e. The summed E-state index contributed by atoms with van der Waals surface area (Å²) in [5.41, 5.74) is 0. The maximum absolute atomic E-state index is 5.34. The molecule has 0 aromatic rings. The van der Waals surface area contributed by atoms with Gasteiger partial charge in [0.2, 0.25) is 35.3 Å². The second-order valence-electron chi connectivity index (χ2n) is 1.58. The number of rotatable bonds is 1. The van der Waals surface area contributed by atoms with Crippen LogP contribution < -0.4 is 0 Å². The van der Waals surface area contributed by atoms with Gasteiger partial charge in [0.15, 0.2) is 0 Å². The minimum atomic E-state index is -0.528. The molecule has 0 aliphatic carbocycles. The fourth-order valence-electron chi connectivity index (χ4n) is 0. The molecule has 0 aromatic heterocycles. The van der Waals surface area contributed by atoms with E-state index >= 15 is 0 Å². The molecule has 1 nitrogen and oxygen atoms in total. The van der Waals surface area contributed by atoms with Gasteiger partial charge in [0.05, 0.1) is 0 Å². The fourth-order valence-corrected chi connectivity index (χ4v) is 0. The van der Waals surface area contributed by atoms with Gasteiger partial charge in [-0.1, -0.05) is 0 Å². The van der Waals surface area contributed by atoms with E-state index in [0.717, 1.165) is 0 Å². The van der Waals surface area contributed by atoms with Gasteiger partial charge < -0.3 is 0 Å². The lowest BCUT2D eigenvalue weighted by Crippen LogP contribution is -2.22. The monoisotopic (exact) mass is 162 g/mol. The van der Waals surface area contributed by atoms with E-state index in [1.807, 2.05) is 13.8 Å². The highest BCUT2D eigenvalue weighted by molar-refractivity contribution is 6.37. The van der Waals surface area contributed by atoms with Crippen molar-refractivity contribution in [3.8, 4) is 0 Å². The SMILES string of the molecule is CC(C)[N+](Cl)(Cl)Cl. The Morgan fingerprint density at radius 3 is 1.29 bits per heavy atom. The van der Waals surface area contributed by atoms with Crippen LogP contribution in [0.2, 0.25) is 0 Å². The molecule has 0 atom stereocenters. The summed E-state index contributed by atoms with van der Waals surface area (Å²) in [7, 11) is 0. The zero-order valence-electron chi connectivity index (χ0n) is 4.16. The number of nitrogens with zero attached hydrogens (tertiary/aromatic N) is 1. The molecule has 0 aromatic carbocycles. The molecule has 0 saturated heterocycles. The zero-order chi connectivity index (χ0) is 6.08. The summed E-state index contributed by atoms with van der Waals surface area (Å²) in [4.78, 5) is 0. The fraction of sp³-hybridized carbons (Fsp3) is 1.00. The van der Waals surface area contributed by atoms with Crippen molar-refractivity contribution in [1.82, 2.24) is 0 Å². The Bertz CT molecular complexity index is 55.7. The van der Waals surface area contributed by atoms with Crippen molar-refractivity contribution in [2.45, 2.75) is 19.9 Å². The van der Waals surface area contributed by atoms with Gasteiger partial charge in [0.25, 0.3) is 0 Å². The van der Waals surface area contributed by atoms with Crippen LogP contribution in [0.25, 0.3) is 0 Å². The lowest BCUT2D eigenvalue weighted by molar-refractivity contribution is -0.581. The quantitative estimate of drug-likeness (QED) is 0.522. The van der Waals surface area contributed by atoms with E-state index in [4.69, 9.17) is 35.3 Å². The summed E-state index contributed by atoms with van der Waals surface area (Å²) < 4.78 is -0.528. The molecule has 7 heavy (non-hydrogen) atoms. The van der Waals surface area contributed by atoms with Crippen LogP contribution in [0.4, 0.5) is 0 Å². The van der Waals surface area contributed by atoms with Gasteiger partial charge in [-0.05, 0) is 16.9 Å². The predicted molar refractivity (Wildman–Crippen MR) is 33.0 cm³/mol. The normalized spacial score (nSPS) is 12.9. The standard InChI is InChI=1S/C3H7Cl3N/c1-3(2)7(4,5)6/h3H,1-2H3/q+1. The molecule has 4 heteroatoms. The van der Waals surface area contributed by atoms with Crippen LogP contribution in [-0.4, -0.2) is 9.08 Å². The maximum atomic E-state index is 5.34. The molecule has 0 aliphatic rings. The molecule has 0 N–H and O–H groups in total. The highest BCUT2D eigenvalue weighted by Gasteiger charge is 2.26. The first-order valence-electron chi connectivity index (χ1n) is 1.92. The Hall–Kier alpha value is 0.830. The van der Waals surface area contributed by atoms with Crippen molar-refractivity contribution in [3.05, 3.63) is 0 Å². The van der Waals surface area contributed by atoms with E-state index in [-0.39, 0.29) is 6.04 Å². The number of hydrogen-bond acceptors (Lipinski definition) is 0. The van der Waals surface area contributed by atoms with Crippen molar-refractivity contribution in [2.75, 3.05) is 0 Å². The molecule has 0 saturated carbocycles. The molecule has 0 bridgehead atoms. The summed E-state index contributed by atoms with van der Waals surface area (Å²) in [6, 6.07) is 0.0324. The van der Waals surface area contributed by atoms with Crippen molar-refractivity contribution in [3.63, 3.8) is 0 Å². The molecule has 0 aliphatic heterocycles. The van der Waals surface area contributed by atoms with Gasteiger partial charge >= 0.3 is 0 Å². The molecule has 0 rings (SSSR count). The lowest BCUT2D eigenvalue weighted by atomic mass is 10.4. The van der Waals surface area contributed by atoms with E-state index in [1.54, 1.807) is 0 Å². The van der Waals surface area contributed by atoms with Gasteiger partial charge in [-0.2, -0.15) is 0 Å². The van der Waals surface area contributed by atoms with Gasteiger partial charge in [0, 0.05) is 0 Å². The number of quaternary nitrogens is 1. The maximum Gasteiger partial charge on any atom is 0.209 e. The van der Waals surface area contributed by atoms with Crippen LogP contribution in [0.1, 0.15) is 13.8 Å².